The van der Waals surface area contributed by atoms with Gasteiger partial charge in [-0.25, -0.2) is 13.1 Å². The number of fused-ring (bicyclic) bond motifs is 1. The maximum Gasteiger partial charge on any atom is 0.264 e. The van der Waals surface area contributed by atoms with Crippen LogP contribution in [0.25, 0.3) is 0 Å². The van der Waals surface area contributed by atoms with Crippen molar-refractivity contribution in [2.75, 3.05) is 4.72 Å². The number of aryl methyl sites for hydroxylation is 3. The van der Waals surface area contributed by atoms with Crippen molar-refractivity contribution < 1.29 is 8.42 Å². The Kier molecular flexibility index (Phi) is 2.78. The molecular formula is C12H14N4O2S. The number of nitrogens with one attached hydrogen (secondary N) is 2. The van der Waals surface area contributed by atoms with Crippen LogP contribution >= 0.6 is 0 Å². The largest absolute Gasteiger partial charge is 0.264 e. The quantitative estimate of drug-likeness (QED) is 0.888. The molecule has 7 heteroatoms. The molecule has 3 rings (SSSR count). The Morgan fingerprint density at radius 3 is 2.79 bits per heavy atom. The second-order valence-corrected chi connectivity index (χ2v) is 6.32. The molecule has 0 saturated heterocycles. The number of benzene rings is 1. The summed E-state index contributed by atoms with van der Waals surface area (Å²) in [5.41, 5.74) is 2.36. The Morgan fingerprint density at radius 1 is 1.26 bits per heavy atom. The molecule has 2 N–H and O–H groups in total. The van der Waals surface area contributed by atoms with E-state index >= 15 is 0 Å². The smallest absolute Gasteiger partial charge is 0.261 e. The predicted octanol–water partition coefficient (Wildman–Crippen LogP) is 1.40. The van der Waals surface area contributed by atoms with Gasteiger partial charge in [0.2, 0.25) is 0 Å². The van der Waals surface area contributed by atoms with Gasteiger partial charge in [-0.3, -0.25) is 5.10 Å². The van der Waals surface area contributed by atoms with Crippen molar-refractivity contribution in [1.29, 1.82) is 0 Å². The van der Waals surface area contributed by atoms with Gasteiger partial charge in [-0.05, 0) is 49.4 Å². The summed E-state index contributed by atoms with van der Waals surface area (Å²) in [6, 6.07) is 5.26. The third-order valence-corrected chi connectivity index (χ3v) is 4.53. The predicted molar refractivity (Wildman–Crippen MR) is 70.4 cm³/mol. The van der Waals surface area contributed by atoms with E-state index in [0.717, 1.165) is 24.8 Å². The van der Waals surface area contributed by atoms with Gasteiger partial charge >= 0.3 is 0 Å². The van der Waals surface area contributed by atoms with Crippen molar-refractivity contribution in [3.63, 3.8) is 0 Å². The second-order valence-electron chi connectivity index (χ2n) is 4.63. The first-order valence-electron chi connectivity index (χ1n) is 6.08. The highest BCUT2D eigenvalue weighted by Gasteiger charge is 2.19. The third-order valence-electron chi connectivity index (χ3n) is 3.20. The maximum atomic E-state index is 12.2. The van der Waals surface area contributed by atoms with E-state index in [1.54, 1.807) is 19.1 Å². The fourth-order valence-electron chi connectivity index (χ4n) is 2.28. The van der Waals surface area contributed by atoms with E-state index in [4.69, 9.17) is 0 Å². The maximum absolute atomic E-state index is 12.2. The highest BCUT2D eigenvalue weighted by Crippen LogP contribution is 2.25. The summed E-state index contributed by atoms with van der Waals surface area (Å²) in [5, 5.41) is 6.37. The molecule has 0 saturated carbocycles. The molecule has 1 aromatic heterocycles. The molecule has 0 radical (unpaired) electrons. The van der Waals surface area contributed by atoms with Crippen LogP contribution in [0.2, 0.25) is 0 Å². The number of hydrogen-bond donors (Lipinski definition) is 2. The Balaban J connectivity index is 1.92. The second kappa shape index (κ2) is 4.34. The normalized spacial score (nSPS) is 14.4. The zero-order valence-electron chi connectivity index (χ0n) is 10.5. The lowest BCUT2D eigenvalue weighted by atomic mass is 10.1. The molecule has 1 heterocycles. The lowest BCUT2D eigenvalue weighted by Crippen LogP contribution is -2.14. The average Bonchev–Trinajstić information content (AvgIpc) is 2.96. The van der Waals surface area contributed by atoms with Gasteiger partial charge in [0.1, 0.15) is 5.82 Å². The van der Waals surface area contributed by atoms with Gasteiger partial charge in [0.15, 0.2) is 0 Å². The van der Waals surface area contributed by atoms with Crippen molar-refractivity contribution in [3.05, 3.63) is 35.2 Å². The van der Waals surface area contributed by atoms with Gasteiger partial charge in [-0.15, -0.1) is 5.10 Å². The standard InChI is InChI=1S/C12H14N4O2S/c1-8-13-12(15-14-8)16-19(17,18)11-6-5-9-3-2-4-10(9)7-11/h5-7H,2-4H2,1H3,(H2,13,14,15,16). The number of rotatable bonds is 3. The van der Waals surface area contributed by atoms with Crippen LogP contribution in [-0.2, 0) is 22.9 Å². The van der Waals surface area contributed by atoms with Crippen LogP contribution in [0.4, 0.5) is 5.95 Å². The first-order chi connectivity index (χ1) is 9.04. The van der Waals surface area contributed by atoms with E-state index in [0.29, 0.717) is 5.82 Å². The first kappa shape index (κ1) is 12.2. The van der Waals surface area contributed by atoms with Crippen LogP contribution in [0, 0.1) is 6.92 Å². The molecule has 0 aliphatic heterocycles. The Bertz CT molecular complexity index is 721. The van der Waals surface area contributed by atoms with Crippen molar-refractivity contribution in [3.8, 4) is 0 Å². The van der Waals surface area contributed by atoms with E-state index in [9.17, 15) is 8.42 Å². The minimum absolute atomic E-state index is 0.0676. The number of hydrogen-bond acceptors (Lipinski definition) is 4. The Hall–Kier alpha value is -1.89. The number of H-pyrrole nitrogens is 1. The van der Waals surface area contributed by atoms with E-state index in [2.05, 4.69) is 19.9 Å². The van der Waals surface area contributed by atoms with Crippen molar-refractivity contribution >= 4 is 16.0 Å². The lowest BCUT2D eigenvalue weighted by molar-refractivity contribution is 0.600. The Labute approximate surface area is 111 Å². The fraction of sp³-hybridized carbons (Fsp3) is 0.333. The molecule has 0 amide bonds. The van der Waals surface area contributed by atoms with Crippen LogP contribution in [0.15, 0.2) is 23.1 Å². The molecule has 1 aliphatic carbocycles. The molecule has 100 valence electrons. The number of sulfonamides is 1. The van der Waals surface area contributed by atoms with Gasteiger partial charge < -0.3 is 0 Å². The van der Waals surface area contributed by atoms with Crippen LogP contribution < -0.4 is 4.72 Å². The molecule has 0 bridgehead atoms. The monoisotopic (exact) mass is 278 g/mol. The van der Waals surface area contributed by atoms with Gasteiger partial charge in [0.25, 0.3) is 16.0 Å². The van der Waals surface area contributed by atoms with Crippen LogP contribution in [0.3, 0.4) is 0 Å². The summed E-state index contributed by atoms with van der Waals surface area (Å²) in [6.07, 6.45) is 3.06. The van der Waals surface area contributed by atoms with Gasteiger partial charge in [0.05, 0.1) is 4.90 Å². The summed E-state index contributed by atoms with van der Waals surface area (Å²) in [6.45, 7) is 1.71. The van der Waals surface area contributed by atoms with Gasteiger partial charge in [-0.1, -0.05) is 6.07 Å². The highest BCUT2D eigenvalue weighted by atomic mass is 32.2. The van der Waals surface area contributed by atoms with Crippen molar-refractivity contribution in [2.45, 2.75) is 31.1 Å². The lowest BCUT2D eigenvalue weighted by Gasteiger charge is -2.06. The fourth-order valence-corrected chi connectivity index (χ4v) is 3.28. The van der Waals surface area contributed by atoms with E-state index in [1.807, 2.05) is 6.07 Å². The van der Waals surface area contributed by atoms with Crippen LogP contribution in [0.5, 0.6) is 0 Å². The van der Waals surface area contributed by atoms with E-state index in [1.165, 1.54) is 5.56 Å². The van der Waals surface area contributed by atoms with Gasteiger partial charge in [0, 0.05) is 0 Å². The van der Waals surface area contributed by atoms with Crippen LogP contribution in [-0.4, -0.2) is 23.6 Å². The third kappa shape index (κ3) is 2.33. The highest BCUT2D eigenvalue weighted by molar-refractivity contribution is 7.92. The summed E-state index contributed by atoms with van der Waals surface area (Å²) in [7, 11) is -3.62. The van der Waals surface area contributed by atoms with Crippen LogP contribution in [0.1, 0.15) is 23.4 Å². The summed E-state index contributed by atoms with van der Waals surface area (Å²) < 4.78 is 26.8. The topological polar surface area (TPSA) is 87.7 Å². The van der Waals surface area contributed by atoms with E-state index < -0.39 is 10.0 Å². The number of aromatic nitrogens is 3. The molecule has 19 heavy (non-hydrogen) atoms. The van der Waals surface area contributed by atoms with E-state index in [-0.39, 0.29) is 10.8 Å². The number of aromatic amines is 1. The molecule has 1 aliphatic rings. The SMILES string of the molecule is Cc1nc(NS(=O)(=O)c2ccc3c(c2)CCC3)n[nH]1. The minimum atomic E-state index is -3.62. The zero-order chi connectivity index (χ0) is 13.5. The number of nitrogens with zero attached hydrogens (tertiary/aromatic N) is 2. The Morgan fingerprint density at radius 2 is 2.05 bits per heavy atom. The minimum Gasteiger partial charge on any atom is -0.261 e. The summed E-state index contributed by atoms with van der Waals surface area (Å²) in [4.78, 5) is 4.20. The average molecular weight is 278 g/mol. The molecule has 0 atom stereocenters. The summed E-state index contributed by atoms with van der Waals surface area (Å²) >= 11 is 0. The number of anilines is 1. The first-order valence-corrected chi connectivity index (χ1v) is 7.56. The molecule has 0 spiro atoms. The molecule has 1 aromatic carbocycles. The summed E-state index contributed by atoms with van der Waals surface area (Å²) in [5.74, 6) is 0.629. The van der Waals surface area contributed by atoms with Gasteiger partial charge in [-0.2, -0.15) is 4.98 Å². The molecule has 0 fully saturated rings. The van der Waals surface area contributed by atoms with Crippen molar-refractivity contribution in [1.82, 2.24) is 15.2 Å². The molecule has 2 aromatic rings. The molecular weight excluding hydrogens is 264 g/mol. The van der Waals surface area contributed by atoms with Crippen molar-refractivity contribution in [2.24, 2.45) is 0 Å². The molecule has 6 nitrogen and oxygen atoms in total. The molecule has 0 unspecified atom stereocenters. The zero-order valence-corrected chi connectivity index (χ0v) is 11.3.